The smallest absolute Gasteiger partial charge is 0.306 e. The summed E-state index contributed by atoms with van der Waals surface area (Å²) in [4.78, 5) is 14.9. The Hall–Kier alpha value is -2.08. The average Bonchev–Trinajstić information content (AvgIpc) is 2.68. The van der Waals surface area contributed by atoms with Crippen molar-refractivity contribution >= 4 is 11.6 Å². The second kappa shape index (κ2) is 5.71. The number of carboxylic acid groups (broad SMARTS) is 1. The Morgan fingerprint density at radius 1 is 1.58 bits per heavy atom. The van der Waals surface area contributed by atoms with Crippen molar-refractivity contribution in [1.29, 1.82) is 0 Å². The number of pyridine rings is 1. The number of aryl methyl sites for hydroxylation is 1. The molecule has 0 radical (unpaired) electrons. The molecule has 2 rings (SSSR count). The molecule has 0 amide bonds. The molecule has 3 N–H and O–H groups in total. The highest BCUT2D eigenvalue weighted by Crippen LogP contribution is 2.22. The third-order valence-electron chi connectivity index (χ3n) is 2.87. The maximum absolute atomic E-state index is 10.5. The summed E-state index contributed by atoms with van der Waals surface area (Å²) >= 11 is 0. The van der Waals surface area contributed by atoms with Crippen molar-refractivity contribution in [3.05, 3.63) is 29.7 Å². The maximum atomic E-state index is 10.5. The van der Waals surface area contributed by atoms with Gasteiger partial charge < -0.3 is 20.0 Å². The molecule has 0 unspecified atom stereocenters. The standard InChI is InChI=1S/C13H17N3O3/c1-9-10(4-6-14)16-7-2-3-11(13(16)15-9)19-8-5-12(17)18/h2-3,7H,4-6,8,14H2,1H3,(H,17,18). The first-order valence-corrected chi connectivity index (χ1v) is 6.14. The van der Waals surface area contributed by atoms with E-state index in [9.17, 15) is 4.79 Å². The Balaban J connectivity index is 2.30. The van der Waals surface area contributed by atoms with Gasteiger partial charge >= 0.3 is 5.97 Å². The van der Waals surface area contributed by atoms with Gasteiger partial charge in [-0.05, 0) is 25.6 Å². The maximum Gasteiger partial charge on any atom is 0.306 e. The summed E-state index contributed by atoms with van der Waals surface area (Å²) in [6.45, 7) is 2.62. The Labute approximate surface area is 110 Å². The summed E-state index contributed by atoms with van der Waals surface area (Å²) in [6, 6.07) is 3.64. The molecule has 0 aliphatic heterocycles. The highest BCUT2D eigenvalue weighted by molar-refractivity contribution is 5.67. The molecule has 0 aromatic carbocycles. The van der Waals surface area contributed by atoms with E-state index in [2.05, 4.69) is 4.98 Å². The molecule has 0 bridgehead atoms. The lowest BCUT2D eigenvalue weighted by atomic mass is 10.2. The minimum atomic E-state index is -0.879. The molecule has 2 heterocycles. The van der Waals surface area contributed by atoms with Crippen LogP contribution in [0.5, 0.6) is 5.75 Å². The number of carboxylic acids is 1. The normalized spacial score (nSPS) is 10.8. The lowest BCUT2D eigenvalue weighted by molar-refractivity contribution is -0.137. The molecular weight excluding hydrogens is 246 g/mol. The topological polar surface area (TPSA) is 89.8 Å². The number of nitrogens with two attached hydrogens (primary N) is 1. The molecule has 6 heteroatoms. The Morgan fingerprint density at radius 3 is 3.05 bits per heavy atom. The van der Waals surface area contributed by atoms with E-state index in [-0.39, 0.29) is 13.0 Å². The van der Waals surface area contributed by atoms with Crippen molar-refractivity contribution in [2.45, 2.75) is 19.8 Å². The third-order valence-corrected chi connectivity index (χ3v) is 2.87. The van der Waals surface area contributed by atoms with Gasteiger partial charge in [-0.25, -0.2) is 4.98 Å². The summed E-state index contributed by atoms with van der Waals surface area (Å²) in [7, 11) is 0. The van der Waals surface area contributed by atoms with Gasteiger partial charge in [0.15, 0.2) is 11.4 Å². The van der Waals surface area contributed by atoms with Crippen LogP contribution in [0.15, 0.2) is 18.3 Å². The lowest BCUT2D eigenvalue weighted by Gasteiger charge is -2.06. The number of carbonyl (C=O) groups is 1. The fourth-order valence-electron chi connectivity index (χ4n) is 2.00. The Kier molecular flexibility index (Phi) is 4.01. The number of nitrogens with zero attached hydrogens (tertiary/aromatic N) is 2. The zero-order valence-electron chi connectivity index (χ0n) is 10.8. The number of rotatable bonds is 6. The SMILES string of the molecule is Cc1nc2c(OCCC(=O)O)cccn2c1CCN. The van der Waals surface area contributed by atoms with Gasteiger partial charge in [0.1, 0.15) is 0 Å². The number of hydrogen-bond acceptors (Lipinski definition) is 4. The van der Waals surface area contributed by atoms with E-state index in [1.807, 2.05) is 23.6 Å². The largest absolute Gasteiger partial charge is 0.489 e. The molecule has 0 aliphatic rings. The van der Waals surface area contributed by atoms with Crippen molar-refractivity contribution < 1.29 is 14.6 Å². The molecule has 0 aliphatic carbocycles. The van der Waals surface area contributed by atoms with Gasteiger partial charge in [-0.15, -0.1) is 0 Å². The predicted molar refractivity (Wildman–Crippen MR) is 70.4 cm³/mol. The molecule has 0 spiro atoms. The first-order chi connectivity index (χ1) is 9.13. The first kappa shape index (κ1) is 13.4. The predicted octanol–water partition coefficient (Wildman–Crippen LogP) is 0.997. The number of aromatic nitrogens is 2. The van der Waals surface area contributed by atoms with Crippen LogP contribution in [0.25, 0.3) is 5.65 Å². The minimum Gasteiger partial charge on any atom is -0.489 e. The fraction of sp³-hybridized carbons (Fsp3) is 0.385. The van der Waals surface area contributed by atoms with Crippen LogP contribution in [0.1, 0.15) is 17.8 Å². The molecule has 2 aromatic heterocycles. The van der Waals surface area contributed by atoms with Crippen LogP contribution >= 0.6 is 0 Å². The first-order valence-electron chi connectivity index (χ1n) is 6.14. The third kappa shape index (κ3) is 2.85. The van der Waals surface area contributed by atoms with Crippen LogP contribution in [0.2, 0.25) is 0 Å². The van der Waals surface area contributed by atoms with E-state index in [1.54, 1.807) is 6.07 Å². The van der Waals surface area contributed by atoms with Crippen LogP contribution in [-0.4, -0.2) is 33.6 Å². The Morgan fingerprint density at radius 2 is 2.37 bits per heavy atom. The molecule has 0 saturated heterocycles. The monoisotopic (exact) mass is 263 g/mol. The van der Waals surface area contributed by atoms with Crippen LogP contribution in [0.3, 0.4) is 0 Å². The molecule has 0 atom stereocenters. The van der Waals surface area contributed by atoms with E-state index in [1.165, 1.54) is 0 Å². The quantitative estimate of drug-likeness (QED) is 0.811. The molecule has 6 nitrogen and oxygen atoms in total. The highest BCUT2D eigenvalue weighted by Gasteiger charge is 2.12. The molecule has 0 saturated carbocycles. The number of aliphatic carboxylic acids is 1. The van der Waals surface area contributed by atoms with Gasteiger partial charge in [-0.2, -0.15) is 0 Å². The molecule has 102 valence electrons. The van der Waals surface area contributed by atoms with Crippen LogP contribution in [0.4, 0.5) is 0 Å². The summed E-state index contributed by atoms with van der Waals surface area (Å²) < 4.78 is 7.42. The Bertz CT molecular complexity index is 592. The minimum absolute atomic E-state index is 0.0313. The second-order valence-corrected chi connectivity index (χ2v) is 4.24. The molecule has 2 aromatic rings. The fourth-order valence-corrected chi connectivity index (χ4v) is 2.00. The lowest BCUT2D eigenvalue weighted by Crippen LogP contribution is -2.07. The zero-order chi connectivity index (χ0) is 13.8. The van der Waals surface area contributed by atoms with E-state index >= 15 is 0 Å². The van der Waals surface area contributed by atoms with Gasteiger partial charge in [-0.3, -0.25) is 4.79 Å². The van der Waals surface area contributed by atoms with Gasteiger partial charge in [0, 0.05) is 18.3 Å². The van der Waals surface area contributed by atoms with Crippen molar-refractivity contribution in [3.63, 3.8) is 0 Å². The summed E-state index contributed by atoms with van der Waals surface area (Å²) in [5.74, 6) is -0.287. The highest BCUT2D eigenvalue weighted by atomic mass is 16.5. The van der Waals surface area contributed by atoms with Gasteiger partial charge in [-0.1, -0.05) is 0 Å². The van der Waals surface area contributed by atoms with Crippen LogP contribution < -0.4 is 10.5 Å². The van der Waals surface area contributed by atoms with Crippen LogP contribution in [0, 0.1) is 6.92 Å². The van der Waals surface area contributed by atoms with E-state index in [0.29, 0.717) is 17.9 Å². The van der Waals surface area contributed by atoms with Gasteiger partial charge in [0.2, 0.25) is 0 Å². The number of fused-ring (bicyclic) bond motifs is 1. The van der Waals surface area contributed by atoms with E-state index < -0.39 is 5.97 Å². The van der Waals surface area contributed by atoms with Gasteiger partial charge in [0.25, 0.3) is 0 Å². The second-order valence-electron chi connectivity index (χ2n) is 4.24. The molecular formula is C13H17N3O3. The van der Waals surface area contributed by atoms with E-state index in [0.717, 1.165) is 17.8 Å². The van der Waals surface area contributed by atoms with E-state index in [4.69, 9.17) is 15.6 Å². The van der Waals surface area contributed by atoms with Gasteiger partial charge in [0.05, 0.1) is 18.7 Å². The summed E-state index contributed by atoms with van der Waals surface area (Å²) in [5.41, 5.74) is 8.27. The summed E-state index contributed by atoms with van der Waals surface area (Å²) in [6.07, 6.45) is 2.62. The zero-order valence-corrected chi connectivity index (χ0v) is 10.8. The van der Waals surface area contributed by atoms with Crippen molar-refractivity contribution in [2.75, 3.05) is 13.2 Å². The number of ether oxygens (including phenoxy) is 1. The average molecular weight is 263 g/mol. The molecule has 0 fully saturated rings. The summed E-state index contributed by atoms with van der Waals surface area (Å²) in [5, 5.41) is 8.61. The number of imidazole rings is 1. The van der Waals surface area contributed by atoms with Crippen molar-refractivity contribution in [1.82, 2.24) is 9.38 Å². The van der Waals surface area contributed by atoms with Crippen LogP contribution in [-0.2, 0) is 11.2 Å². The number of hydrogen-bond donors (Lipinski definition) is 2. The van der Waals surface area contributed by atoms with Crippen molar-refractivity contribution in [2.24, 2.45) is 5.73 Å². The molecule has 19 heavy (non-hydrogen) atoms. The van der Waals surface area contributed by atoms with Crippen molar-refractivity contribution in [3.8, 4) is 5.75 Å².